The average Bonchev–Trinajstić information content (AvgIpc) is 3.10. The fourth-order valence-electron chi connectivity index (χ4n) is 3.58. The molecule has 3 rings (SSSR count). The topological polar surface area (TPSA) is 81.1 Å². The molecular weight excluding hydrogens is 350 g/mol. The number of amides is 1. The first-order valence-corrected chi connectivity index (χ1v) is 10.6. The number of nitrogens with zero attached hydrogens (tertiary/aromatic N) is 2. The van der Waals surface area contributed by atoms with E-state index in [9.17, 15) is 13.2 Å². The summed E-state index contributed by atoms with van der Waals surface area (Å²) >= 11 is 0. The minimum Gasteiger partial charge on any atom is -0.352 e. The van der Waals surface area contributed by atoms with Crippen LogP contribution in [0.5, 0.6) is 0 Å². The van der Waals surface area contributed by atoms with Gasteiger partial charge in [0.15, 0.2) is 0 Å². The van der Waals surface area contributed by atoms with Crippen molar-refractivity contribution in [2.24, 2.45) is 11.8 Å². The summed E-state index contributed by atoms with van der Waals surface area (Å²) < 4.78 is 27.0. The van der Waals surface area contributed by atoms with Gasteiger partial charge in [-0.3, -0.25) is 9.36 Å². The number of benzene rings is 1. The van der Waals surface area contributed by atoms with Crippen LogP contribution in [-0.2, 0) is 14.6 Å². The van der Waals surface area contributed by atoms with Gasteiger partial charge in [-0.05, 0) is 30.4 Å². The van der Waals surface area contributed by atoms with Gasteiger partial charge < -0.3 is 5.32 Å². The molecule has 0 saturated heterocycles. The van der Waals surface area contributed by atoms with Gasteiger partial charge in [-0.15, -0.1) is 0 Å². The first-order valence-electron chi connectivity index (χ1n) is 8.99. The molecule has 0 spiro atoms. The Labute approximate surface area is 154 Å². The smallest absolute Gasteiger partial charge is 0.235 e. The Morgan fingerprint density at radius 3 is 2.69 bits per heavy atom. The molecule has 0 radical (unpaired) electrons. The van der Waals surface area contributed by atoms with Crippen LogP contribution in [0.1, 0.15) is 33.1 Å². The summed E-state index contributed by atoms with van der Waals surface area (Å²) in [4.78, 5) is 16.4. The summed E-state index contributed by atoms with van der Waals surface area (Å²) in [6.45, 7) is 4.29. The number of nitrogens with one attached hydrogen (secondary N) is 1. The molecule has 1 heterocycles. The molecule has 6 nitrogen and oxygen atoms in total. The van der Waals surface area contributed by atoms with Crippen molar-refractivity contribution in [1.82, 2.24) is 14.9 Å². The Morgan fingerprint density at radius 2 is 1.96 bits per heavy atom. The number of hydrogen-bond acceptors (Lipinski definition) is 4. The van der Waals surface area contributed by atoms with E-state index >= 15 is 0 Å². The molecule has 140 valence electrons. The number of sulfone groups is 1. The Hall–Kier alpha value is -2.15. The molecule has 1 aromatic carbocycles. The van der Waals surface area contributed by atoms with Crippen molar-refractivity contribution in [3.05, 3.63) is 42.7 Å². The lowest BCUT2D eigenvalue weighted by Gasteiger charge is -2.34. The SMILES string of the molecule is C[C@@H]1[C@H](C)CCC[C@@H]1NC(=O)CS(=O)(=O)c1nccn1-c1ccccc1. The number of hydrogen-bond donors (Lipinski definition) is 1. The van der Waals surface area contributed by atoms with Crippen LogP contribution in [0, 0.1) is 11.8 Å². The third-order valence-electron chi connectivity index (χ3n) is 5.29. The van der Waals surface area contributed by atoms with Crippen molar-refractivity contribution in [2.45, 2.75) is 44.3 Å². The van der Waals surface area contributed by atoms with Crippen LogP contribution in [0.25, 0.3) is 5.69 Å². The van der Waals surface area contributed by atoms with Crippen LogP contribution in [0.4, 0.5) is 0 Å². The van der Waals surface area contributed by atoms with E-state index in [1.807, 2.05) is 18.2 Å². The second-order valence-corrected chi connectivity index (χ2v) is 9.00. The molecule has 1 amide bonds. The van der Waals surface area contributed by atoms with Crippen molar-refractivity contribution in [2.75, 3.05) is 5.75 Å². The molecule has 2 aromatic rings. The molecule has 1 saturated carbocycles. The standard InChI is InChI=1S/C19H25N3O3S/c1-14-7-6-10-17(15(14)2)21-18(23)13-26(24,25)19-20-11-12-22(19)16-8-4-3-5-9-16/h3-5,8-9,11-12,14-15,17H,6-7,10,13H2,1-2H3,(H,21,23)/t14-,15-,17+/m1/s1. The lowest BCUT2D eigenvalue weighted by molar-refractivity contribution is -0.120. The van der Waals surface area contributed by atoms with Crippen LogP contribution in [0.3, 0.4) is 0 Å². The molecule has 1 fully saturated rings. The minimum atomic E-state index is -3.84. The molecule has 3 atom stereocenters. The summed E-state index contributed by atoms with van der Waals surface area (Å²) in [6, 6.07) is 9.13. The first-order chi connectivity index (χ1) is 12.4. The lowest BCUT2D eigenvalue weighted by Crippen LogP contribution is -2.45. The van der Waals surface area contributed by atoms with Gasteiger partial charge in [-0.25, -0.2) is 13.4 Å². The summed E-state index contributed by atoms with van der Waals surface area (Å²) in [7, 11) is -3.84. The third kappa shape index (κ3) is 3.98. The zero-order valence-electron chi connectivity index (χ0n) is 15.1. The molecule has 1 aromatic heterocycles. The number of aromatic nitrogens is 2. The highest BCUT2D eigenvalue weighted by Crippen LogP contribution is 2.29. The maximum absolute atomic E-state index is 12.7. The first kappa shape index (κ1) is 18.6. The van der Waals surface area contributed by atoms with E-state index in [1.165, 1.54) is 10.8 Å². The Balaban J connectivity index is 1.74. The van der Waals surface area contributed by atoms with Gasteiger partial charge in [-0.1, -0.05) is 44.9 Å². The van der Waals surface area contributed by atoms with Crippen molar-refractivity contribution in [3.63, 3.8) is 0 Å². The molecule has 1 aliphatic rings. The predicted octanol–water partition coefficient (Wildman–Crippen LogP) is 2.59. The van der Waals surface area contributed by atoms with Gasteiger partial charge in [0.2, 0.25) is 20.9 Å². The van der Waals surface area contributed by atoms with Gasteiger partial charge in [0.1, 0.15) is 5.75 Å². The van der Waals surface area contributed by atoms with Gasteiger partial charge in [0.25, 0.3) is 0 Å². The van der Waals surface area contributed by atoms with Crippen molar-refractivity contribution in [1.29, 1.82) is 0 Å². The highest BCUT2D eigenvalue weighted by Gasteiger charge is 2.31. The summed E-state index contributed by atoms with van der Waals surface area (Å²) in [5, 5.41) is 2.81. The number of rotatable bonds is 5. The average molecular weight is 375 g/mol. The molecule has 0 bridgehead atoms. The highest BCUT2D eigenvalue weighted by molar-refractivity contribution is 7.92. The van der Waals surface area contributed by atoms with E-state index in [0.29, 0.717) is 17.5 Å². The second-order valence-electron chi connectivity index (χ2n) is 7.12. The molecule has 0 aliphatic heterocycles. The molecule has 7 heteroatoms. The van der Waals surface area contributed by atoms with Crippen LogP contribution < -0.4 is 5.32 Å². The van der Waals surface area contributed by atoms with Gasteiger partial charge in [-0.2, -0.15) is 0 Å². The fourth-order valence-corrected chi connectivity index (χ4v) is 4.82. The normalized spacial score (nSPS) is 23.5. The molecular formula is C19H25N3O3S. The van der Waals surface area contributed by atoms with Crippen molar-refractivity contribution < 1.29 is 13.2 Å². The van der Waals surface area contributed by atoms with Crippen molar-refractivity contribution >= 4 is 15.7 Å². The lowest BCUT2D eigenvalue weighted by atomic mass is 9.78. The maximum atomic E-state index is 12.7. The Bertz CT molecular complexity index is 861. The van der Waals surface area contributed by atoms with E-state index < -0.39 is 21.5 Å². The highest BCUT2D eigenvalue weighted by atomic mass is 32.2. The monoisotopic (exact) mass is 375 g/mol. The van der Waals surface area contributed by atoms with E-state index in [1.54, 1.807) is 18.3 Å². The van der Waals surface area contributed by atoms with E-state index in [2.05, 4.69) is 24.1 Å². The molecule has 1 N–H and O–H groups in total. The quantitative estimate of drug-likeness (QED) is 0.871. The summed E-state index contributed by atoms with van der Waals surface area (Å²) in [6.07, 6.45) is 6.13. The summed E-state index contributed by atoms with van der Waals surface area (Å²) in [5.74, 6) is -0.169. The third-order valence-corrected chi connectivity index (χ3v) is 6.79. The van der Waals surface area contributed by atoms with E-state index in [-0.39, 0.29) is 11.2 Å². The van der Waals surface area contributed by atoms with Crippen molar-refractivity contribution in [3.8, 4) is 5.69 Å². The van der Waals surface area contributed by atoms with Gasteiger partial charge >= 0.3 is 0 Å². The molecule has 1 aliphatic carbocycles. The Morgan fingerprint density at radius 1 is 1.23 bits per heavy atom. The van der Waals surface area contributed by atoms with Crippen LogP contribution in [0.15, 0.2) is 47.9 Å². The van der Waals surface area contributed by atoms with Crippen LogP contribution in [0.2, 0.25) is 0 Å². The molecule has 0 unspecified atom stereocenters. The van der Waals surface area contributed by atoms with Crippen LogP contribution >= 0.6 is 0 Å². The van der Waals surface area contributed by atoms with E-state index in [0.717, 1.165) is 19.3 Å². The van der Waals surface area contributed by atoms with Gasteiger partial charge in [0, 0.05) is 24.1 Å². The number of carbonyl (C=O) groups excluding carboxylic acids is 1. The number of carbonyl (C=O) groups is 1. The zero-order valence-corrected chi connectivity index (χ0v) is 15.9. The van der Waals surface area contributed by atoms with Gasteiger partial charge in [0.05, 0.1) is 0 Å². The summed E-state index contributed by atoms with van der Waals surface area (Å²) in [5.41, 5.74) is 0.693. The van der Waals surface area contributed by atoms with Crippen LogP contribution in [-0.4, -0.2) is 35.7 Å². The molecule has 26 heavy (non-hydrogen) atoms. The zero-order chi connectivity index (χ0) is 18.7. The number of para-hydroxylation sites is 1. The number of imidazole rings is 1. The predicted molar refractivity (Wildman–Crippen MR) is 99.7 cm³/mol. The minimum absolute atomic E-state index is 0.0373. The largest absolute Gasteiger partial charge is 0.352 e. The second kappa shape index (κ2) is 7.61. The maximum Gasteiger partial charge on any atom is 0.235 e. The fraction of sp³-hybridized carbons (Fsp3) is 0.474. The van der Waals surface area contributed by atoms with E-state index in [4.69, 9.17) is 0 Å². The Kier molecular flexibility index (Phi) is 5.46.